The molecular formula is C52H102O7. The summed E-state index contributed by atoms with van der Waals surface area (Å²) in [5, 5.41) is 0. The van der Waals surface area contributed by atoms with E-state index in [0.29, 0.717) is 51.2 Å². The zero-order valence-electron chi connectivity index (χ0n) is 40.9. The third-order valence-electron chi connectivity index (χ3n) is 10.7. The Morgan fingerprint density at radius 3 is 0.847 bits per heavy atom. The monoisotopic (exact) mass is 839 g/mol. The molecule has 7 nitrogen and oxygen atoms in total. The summed E-state index contributed by atoms with van der Waals surface area (Å²) in [5.74, 6) is 3.06. The van der Waals surface area contributed by atoms with Gasteiger partial charge in [0, 0.05) is 12.8 Å². The van der Waals surface area contributed by atoms with Crippen molar-refractivity contribution in [1.29, 1.82) is 0 Å². The van der Waals surface area contributed by atoms with Crippen LogP contribution >= 0.6 is 0 Å². The smallest absolute Gasteiger partial charge is 0.223 e. The first-order valence-electron chi connectivity index (χ1n) is 25.9. The molecule has 0 aliphatic rings. The maximum atomic E-state index is 7.14. The molecular weight excluding hydrogens is 737 g/mol. The zero-order valence-corrected chi connectivity index (χ0v) is 40.9. The lowest BCUT2D eigenvalue weighted by Gasteiger charge is -2.30. The standard InChI is InChI=1S/C52H102O7/c1-9-17-21-25-27-29-31-35-39-47(53-41-13-5)49(55-43-15-7)51(57-45-37-33-23-19-11-3)59-52(58-46-38-34-24-20-12-4)50(56-44-16-8)48(54-42-14-6)40-36-32-30-28-26-22-18-10-2/h51-52H,9-46H2,1-8H3. The van der Waals surface area contributed by atoms with Crippen LogP contribution in [-0.2, 0) is 33.2 Å². The van der Waals surface area contributed by atoms with Crippen molar-refractivity contribution in [3.05, 3.63) is 23.0 Å². The molecule has 0 aromatic rings. The molecule has 0 fully saturated rings. The molecule has 352 valence electrons. The quantitative estimate of drug-likeness (QED) is 0.0343. The van der Waals surface area contributed by atoms with Gasteiger partial charge in [0.15, 0.2) is 11.5 Å². The highest BCUT2D eigenvalue weighted by molar-refractivity contribution is 5.09. The predicted molar refractivity (Wildman–Crippen MR) is 252 cm³/mol. The van der Waals surface area contributed by atoms with Crippen LogP contribution in [0.4, 0.5) is 0 Å². The molecule has 7 heteroatoms. The fourth-order valence-corrected chi connectivity index (χ4v) is 7.06. The molecule has 59 heavy (non-hydrogen) atoms. The van der Waals surface area contributed by atoms with Crippen molar-refractivity contribution in [3.63, 3.8) is 0 Å². The summed E-state index contributed by atoms with van der Waals surface area (Å²) in [5.41, 5.74) is 0. The lowest BCUT2D eigenvalue weighted by molar-refractivity contribution is -0.243. The fraction of sp³-hybridized carbons (Fsp3) is 0.923. The summed E-state index contributed by atoms with van der Waals surface area (Å²) in [7, 11) is 0. The molecule has 0 amide bonds. The second-order valence-electron chi connectivity index (χ2n) is 16.8. The lowest BCUT2D eigenvalue weighted by Crippen LogP contribution is -2.34. The van der Waals surface area contributed by atoms with E-state index >= 15 is 0 Å². The van der Waals surface area contributed by atoms with Gasteiger partial charge < -0.3 is 33.2 Å². The molecule has 2 atom stereocenters. The van der Waals surface area contributed by atoms with Crippen LogP contribution in [0.1, 0.15) is 261 Å². The van der Waals surface area contributed by atoms with Crippen LogP contribution in [0.2, 0.25) is 0 Å². The van der Waals surface area contributed by atoms with Gasteiger partial charge >= 0.3 is 0 Å². The van der Waals surface area contributed by atoms with E-state index in [9.17, 15) is 0 Å². The van der Waals surface area contributed by atoms with E-state index in [1.54, 1.807) is 0 Å². The van der Waals surface area contributed by atoms with Crippen LogP contribution in [0.3, 0.4) is 0 Å². The largest absolute Gasteiger partial charge is 0.494 e. The van der Waals surface area contributed by atoms with Crippen molar-refractivity contribution >= 4 is 0 Å². The van der Waals surface area contributed by atoms with E-state index in [2.05, 4.69) is 55.4 Å². The van der Waals surface area contributed by atoms with Gasteiger partial charge in [0.05, 0.1) is 39.6 Å². The Morgan fingerprint density at radius 1 is 0.271 bits per heavy atom. The topological polar surface area (TPSA) is 64.6 Å². The van der Waals surface area contributed by atoms with E-state index in [-0.39, 0.29) is 0 Å². The van der Waals surface area contributed by atoms with Gasteiger partial charge in [0.1, 0.15) is 11.5 Å². The highest BCUT2D eigenvalue weighted by Gasteiger charge is 2.32. The average Bonchev–Trinajstić information content (AvgIpc) is 3.25. The second kappa shape index (κ2) is 46.1. The summed E-state index contributed by atoms with van der Waals surface area (Å²) in [6.45, 7) is 21.2. The van der Waals surface area contributed by atoms with Crippen LogP contribution in [0.15, 0.2) is 23.0 Å². The number of hydrogen-bond donors (Lipinski definition) is 0. The molecule has 0 rings (SSSR count). The van der Waals surface area contributed by atoms with Crippen molar-refractivity contribution in [2.45, 2.75) is 273 Å². The Hall–Kier alpha value is -1.44. The first kappa shape index (κ1) is 57.6. The van der Waals surface area contributed by atoms with Gasteiger partial charge in [-0.2, -0.15) is 0 Å². The summed E-state index contributed by atoms with van der Waals surface area (Å²) in [6.07, 6.45) is 35.3. The number of rotatable bonds is 48. The molecule has 0 bridgehead atoms. The fourth-order valence-electron chi connectivity index (χ4n) is 7.06. The highest BCUT2D eigenvalue weighted by Crippen LogP contribution is 2.29. The molecule has 0 aliphatic heterocycles. The first-order valence-corrected chi connectivity index (χ1v) is 25.9. The summed E-state index contributed by atoms with van der Waals surface area (Å²) < 4.78 is 47.3. The van der Waals surface area contributed by atoms with Crippen LogP contribution in [-0.4, -0.2) is 52.2 Å². The molecule has 0 N–H and O–H groups in total. The Kier molecular flexibility index (Phi) is 44.9. The number of unbranched alkanes of at least 4 members (excludes halogenated alkanes) is 22. The van der Waals surface area contributed by atoms with Gasteiger partial charge in [-0.25, -0.2) is 0 Å². The van der Waals surface area contributed by atoms with Crippen molar-refractivity contribution in [3.8, 4) is 0 Å². The van der Waals surface area contributed by atoms with E-state index < -0.39 is 12.6 Å². The van der Waals surface area contributed by atoms with Gasteiger partial charge in [-0.15, -0.1) is 0 Å². The Balaban J connectivity index is 6.95. The molecule has 0 aromatic carbocycles. The van der Waals surface area contributed by atoms with Crippen molar-refractivity contribution in [2.24, 2.45) is 0 Å². The van der Waals surface area contributed by atoms with Gasteiger partial charge in [0.25, 0.3) is 0 Å². The SMILES string of the molecule is CCCCCCCCCCC(OCCC)=C(OCCC)C(OCCCCCCC)OC(OCCCCCCC)C(OCCC)=C(CCCCCCCCCC)OCCC. The van der Waals surface area contributed by atoms with E-state index in [0.717, 1.165) is 88.6 Å². The van der Waals surface area contributed by atoms with Crippen molar-refractivity contribution in [2.75, 3.05) is 39.6 Å². The second-order valence-corrected chi connectivity index (χ2v) is 16.8. The van der Waals surface area contributed by atoms with E-state index in [4.69, 9.17) is 33.2 Å². The minimum Gasteiger partial charge on any atom is -0.494 e. The summed E-state index contributed by atoms with van der Waals surface area (Å²) in [6, 6.07) is 0. The molecule has 0 radical (unpaired) electrons. The third-order valence-corrected chi connectivity index (χ3v) is 10.7. The van der Waals surface area contributed by atoms with Crippen LogP contribution in [0.25, 0.3) is 0 Å². The average molecular weight is 839 g/mol. The van der Waals surface area contributed by atoms with Crippen LogP contribution < -0.4 is 0 Å². The molecule has 2 unspecified atom stereocenters. The number of allylic oxidation sites excluding steroid dienone is 2. The zero-order chi connectivity index (χ0) is 43.3. The molecule has 0 aromatic heterocycles. The highest BCUT2D eigenvalue weighted by atomic mass is 16.8. The van der Waals surface area contributed by atoms with E-state index in [1.807, 2.05) is 0 Å². The molecule has 0 spiro atoms. The maximum Gasteiger partial charge on any atom is 0.223 e. The van der Waals surface area contributed by atoms with Crippen molar-refractivity contribution < 1.29 is 33.2 Å². The Labute approximate surface area is 368 Å². The molecule has 0 heterocycles. The number of hydrogen-bond acceptors (Lipinski definition) is 7. The third kappa shape index (κ3) is 33.8. The lowest BCUT2D eigenvalue weighted by atomic mass is 10.1. The summed E-state index contributed by atoms with van der Waals surface area (Å²) in [4.78, 5) is 0. The molecule has 0 saturated heterocycles. The maximum absolute atomic E-state index is 7.14. The Bertz CT molecular complexity index is 847. The van der Waals surface area contributed by atoms with E-state index in [1.165, 1.54) is 128 Å². The molecule has 0 saturated carbocycles. The normalized spacial score (nSPS) is 13.6. The minimum absolute atomic E-state index is 0.562. The minimum atomic E-state index is -0.797. The number of ether oxygens (including phenoxy) is 7. The van der Waals surface area contributed by atoms with Crippen LogP contribution in [0.5, 0.6) is 0 Å². The predicted octanol–water partition coefficient (Wildman–Crippen LogP) is 16.8. The Morgan fingerprint density at radius 2 is 0.542 bits per heavy atom. The van der Waals surface area contributed by atoms with Gasteiger partial charge in [-0.05, 0) is 51.4 Å². The molecule has 0 aliphatic carbocycles. The van der Waals surface area contributed by atoms with Crippen LogP contribution in [0, 0.1) is 0 Å². The first-order chi connectivity index (χ1) is 29.1. The van der Waals surface area contributed by atoms with Gasteiger partial charge in [-0.3, -0.25) is 0 Å². The van der Waals surface area contributed by atoms with Crippen molar-refractivity contribution in [1.82, 2.24) is 0 Å². The van der Waals surface area contributed by atoms with Gasteiger partial charge in [-0.1, -0.05) is 197 Å². The summed E-state index contributed by atoms with van der Waals surface area (Å²) >= 11 is 0. The van der Waals surface area contributed by atoms with Gasteiger partial charge in [0.2, 0.25) is 12.6 Å².